The van der Waals surface area contributed by atoms with Gasteiger partial charge < -0.3 is 14.7 Å². The van der Waals surface area contributed by atoms with E-state index in [0.29, 0.717) is 0 Å². The summed E-state index contributed by atoms with van der Waals surface area (Å²) in [5.41, 5.74) is 1.23. The van der Waals surface area contributed by atoms with Crippen LogP contribution in [0.25, 0.3) is 0 Å². The van der Waals surface area contributed by atoms with Crippen LogP contribution in [0.5, 0.6) is 0 Å². The van der Waals surface area contributed by atoms with Crippen molar-refractivity contribution in [2.75, 3.05) is 44.2 Å². The van der Waals surface area contributed by atoms with Crippen molar-refractivity contribution in [1.29, 1.82) is 0 Å². The Morgan fingerprint density at radius 2 is 1.60 bits per heavy atom. The molecule has 2 heterocycles. The summed E-state index contributed by atoms with van der Waals surface area (Å²) in [5, 5.41) is 0. The molecule has 0 saturated carbocycles. The lowest BCUT2D eigenvalue weighted by Crippen LogP contribution is -2.52. The molecule has 2 saturated heterocycles. The Morgan fingerprint density at radius 1 is 0.950 bits per heavy atom. The lowest BCUT2D eigenvalue weighted by molar-refractivity contribution is 0.159. The maximum atomic E-state index is 12.3. The quantitative estimate of drug-likeness (QED) is 0.787. The first-order chi connectivity index (χ1) is 9.74. The van der Waals surface area contributed by atoms with Crippen LogP contribution < -0.4 is 4.90 Å². The fraction of sp³-hybridized carbons (Fsp3) is 0.533. The van der Waals surface area contributed by atoms with E-state index < -0.39 is 0 Å². The van der Waals surface area contributed by atoms with Crippen molar-refractivity contribution in [2.24, 2.45) is 0 Å². The maximum absolute atomic E-state index is 12.3. The molecule has 20 heavy (non-hydrogen) atoms. The number of hydrogen-bond donors (Lipinski definition) is 0. The minimum Gasteiger partial charge on any atom is -0.368 e. The van der Waals surface area contributed by atoms with Crippen molar-refractivity contribution in [3.05, 3.63) is 28.7 Å². The van der Waals surface area contributed by atoms with E-state index in [2.05, 4.69) is 39.0 Å². The highest BCUT2D eigenvalue weighted by Gasteiger charge is 2.26. The number of hydrogen-bond acceptors (Lipinski definition) is 2. The molecule has 3 rings (SSSR count). The van der Waals surface area contributed by atoms with E-state index >= 15 is 0 Å². The molecule has 1 aromatic rings. The van der Waals surface area contributed by atoms with Gasteiger partial charge in [-0.1, -0.05) is 22.0 Å². The van der Waals surface area contributed by atoms with Gasteiger partial charge in [0.1, 0.15) is 0 Å². The average Bonchev–Trinajstić information content (AvgIpc) is 3.01. The second kappa shape index (κ2) is 6.04. The molecule has 4 nitrogen and oxygen atoms in total. The van der Waals surface area contributed by atoms with Gasteiger partial charge in [0.05, 0.1) is 0 Å². The number of carbonyl (C=O) groups is 1. The predicted molar refractivity (Wildman–Crippen MR) is 84.1 cm³/mol. The topological polar surface area (TPSA) is 26.8 Å². The van der Waals surface area contributed by atoms with Gasteiger partial charge in [0.2, 0.25) is 0 Å². The van der Waals surface area contributed by atoms with E-state index in [9.17, 15) is 4.79 Å². The summed E-state index contributed by atoms with van der Waals surface area (Å²) in [4.78, 5) is 18.7. The highest BCUT2D eigenvalue weighted by Crippen LogP contribution is 2.21. The van der Waals surface area contributed by atoms with E-state index in [1.54, 1.807) is 0 Å². The molecular weight excluding hydrogens is 318 g/mol. The number of anilines is 1. The highest BCUT2D eigenvalue weighted by molar-refractivity contribution is 9.10. The van der Waals surface area contributed by atoms with E-state index in [0.717, 1.165) is 56.6 Å². The van der Waals surface area contributed by atoms with Gasteiger partial charge >= 0.3 is 6.03 Å². The molecule has 0 spiro atoms. The average molecular weight is 338 g/mol. The molecular formula is C15H20BrN3O. The Bertz CT molecular complexity index is 480. The fourth-order valence-electron chi connectivity index (χ4n) is 2.94. The van der Waals surface area contributed by atoms with Crippen molar-refractivity contribution in [1.82, 2.24) is 9.80 Å². The number of nitrogens with zero attached hydrogens (tertiary/aromatic N) is 3. The summed E-state index contributed by atoms with van der Waals surface area (Å²) in [6, 6.07) is 8.59. The van der Waals surface area contributed by atoms with Gasteiger partial charge in [0.25, 0.3) is 0 Å². The molecule has 0 unspecified atom stereocenters. The fourth-order valence-corrected chi connectivity index (χ4v) is 3.32. The monoisotopic (exact) mass is 337 g/mol. The van der Waals surface area contributed by atoms with Crippen LogP contribution in [-0.2, 0) is 0 Å². The summed E-state index contributed by atoms with van der Waals surface area (Å²) in [6.45, 7) is 5.34. The number of halogens is 1. The van der Waals surface area contributed by atoms with E-state index in [4.69, 9.17) is 0 Å². The van der Waals surface area contributed by atoms with Crippen LogP contribution in [0.3, 0.4) is 0 Å². The summed E-state index contributed by atoms with van der Waals surface area (Å²) in [5.74, 6) is 0. The van der Waals surface area contributed by atoms with Crippen LogP contribution in [0, 0.1) is 0 Å². The summed E-state index contributed by atoms with van der Waals surface area (Å²) in [7, 11) is 0. The van der Waals surface area contributed by atoms with Gasteiger partial charge in [-0.2, -0.15) is 0 Å². The SMILES string of the molecule is O=C(N1CCCC1)N1CCN(c2cccc(Br)c2)CC1. The molecule has 0 aliphatic carbocycles. The van der Waals surface area contributed by atoms with Crippen LogP contribution in [0.4, 0.5) is 10.5 Å². The molecule has 1 aromatic carbocycles. The molecule has 2 amide bonds. The zero-order chi connectivity index (χ0) is 13.9. The molecule has 2 aliphatic heterocycles. The van der Waals surface area contributed by atoms with Gasteiger partial charge in [-0.25, -0.2) is 4.79 Å². The first-order valence-electron chi connectivity index (χ1n) is 7.28. The second-order valence-corrected chi connectivity index (χ2v) is 6.35. The van der Waals surface area contributed by atoms with Gasteiger partial charge in [-0.05, 0) is 31.0 Å². The molecule has 0 radical (unpaired) electrons. The zero-order valence-corrected chi connectivity index (χ0v) is 13.2. The molecule has 0 bridgehead atoms. The van der Waals surface area contributed by atoms with Crippen molar-refractivity contribution < 1.29 is 4.79 Å². The van der Waals surface area contributed by atoms with Crippen LogP contribution >= 0.6 is 15.9 Å². The number of amides is 2. The first kappa shape index (κ1) is 13.7. The largest absolute Gasteiger partial charge is 0.368 e. The second-order valence-electron chi connectivity index (χ2n) is 5.43. The Morgan fingerprint density at radius 3 is 2.25 bits per heavy atom. The molecule has 2 fully saturated rings. The third-order valence-electron chi connectivity index (χ3n) is 4.10. The minimum absolute atomic E-state index is 0.233. The lowest BCUT2D eigenvalue weighted by Gasteiger charge is -2.37. The normalized spacial score (nSPS) is 19.6. The van der Waals surface area contributed by atoms with Gasteiger partial charge in [0, 0.05) is 49.4 Å². The number of likely N-dealkylation sites (tertiary alicyclic amines) is 1. The van der Waals surface area contributed by atoms with Crippen LogP contribution in [0.2, 0.25) is 0 Å². The molecule has 0 N–H and O–H groups in total. The maximum Gasteiger partial charge on any atom is 0.320 e. The van der Waals surface area contributed by atoms with Crippen molar-refractivity contribution in [2.45, 2.75) is 12.8 Å². The third kappa shape index (κ3) is 2.92. The Kier molecular flexibility index (Phi) is 4.15. The van der Waals surface area contributed by atoms with Crippen molar-refractivity contribution in [3.8, 4) is 0 Å². The highest BCUT2D eigenvalue weighted by atomic mass is 79.9. The smallest absolute Gasteiger partial charge is 0.320 e. The number of carbonyl (C=O) groups excluding carboxylic acids is 1. The Balaban J connectivity index is 1.58. The molecule has 5 heteroatoms. The molecule has 0 atom stereocenters. The first-order valence-corrected chi connectivity index (χ1v) is 8.08. The zero-order valence-electron chi connectivity index (χ0n) is 11.6. The molecule has 2 aliphatic rings. The van der Waals surface area contributed by atoms with E-state index in [1.807, 2.05) is 15.9 Å². The van der Waals surface area contributed by atoms with Crippen molar-refractivity contribution in [3.63, 3.8) is 0 Å². The summed E-state index contributed by atoms with van der Waals surface area (Å²) in [6.07, 6.45) is 2.31. The lowest BCUT2D eigenvalue weighted by atomic mass is 10.2. The molecule has 108 valence electrons. The van der Waals surface area contributed by atoms with E-state index in [1.165, 1.54) is 5.69 Å². The number of rotatable bonds is 1. The Labute approximate surface area is 128 Å². The minimum atomic E-state index is 0.233. The van der Waals surface area contributed by atoms with Crippen LogP contribution in [-0.4, -0.2) is 55.1 Å². The third-order valence-corrected chi connectivity index (χ3v) is 4.59. The number of piperazine rings is 1. The number of benzene rings is 1. The van der Waals surface area contributed by atoms with Crippen LogP contribution in [0.15, 0.2) is 28.7 Å². The van der Waals surface area contributed by atoms with Gasteiger partial charge in [0.15, 0.2) is 0 Å². The summed E-state index contributed by atoms with van der Waals surface area (Å²) >= 11 is 3.51. The predicted octanol–water partition coefficient (Wildman–Crippen LogP) is 2.79. The number of urea groups is 1. The van der Waals surface area contributed by atoms with Gasteiger partial charge in [-0.3, -0.25) is 0 Å². The van der Waals surface area contributed by atoms with Crippen LogP contribution in [0.1, 0.15) is 12.8 Å². The van der Waals surface area contributed by atoms with Gasteiger partial charge in [-0.15, -0.1) is 0 Å². The standard InChI is InChI=1S/C15H20BrN3O/c16-13-4-3-5-14(12-13)17-8-10-19(11-9-17)15(20)18-6-1-2-7-18/h3-5,12H,1-2,6-11H2. The Hall–Kier alpha value is -1.23. The van der Waals surface area contributed by atoms with E-state index in [-0.39, 0.29) is 6.03 Å². The summed E-state index contributed by atoms with van der Waals surface area (Å²) < 4.78 is 1.10. The molecule has 0 aromatic heterocycles. The van der Waals surface area contributed by atoms with Crippen molar-refractivity contribution >= 4 is 27.6 Å².